The van der Waals surface area contributed by atoms with Gasteiger partial charge in [0.25, 0.3) is 11.8 Å². The first kappa shape index (κ1) is 23.9. The van der Waals surface area contributed by atoms with Crippen LogP contribution in [0.1, 0.15) is 39.9 Å². The molecule has 3 aromatic rings. The molecule has 5 rings (SSSR count). The van der Waals surface area contributed by atoms with E-state index in [1.807, 2.05) is 42.2 Å². The number of benzene rings is 3. The Kier molecular flexibility index (Phi) is 6.65. The first-order valence-electron chi connectivity index (χ1n) is 12.0. The third-order valence-electron chi connectivity index (χ3n) is 6.64. The van der Waals surface area contributed by atoms with Gasteiger partial charge in [-0.05, 0) is 73.2 Å². The predicted octanol–water partition coefficient (Wildman–Crippen LogP) is 5.12. The summed E-state index contributed by atoms with van der Waals surface area (Å²) < 4.78 is 0. The number of nitrogens with one attached hydrogen (secondary N) is 1. The molecule has 36 heavy (non-hydrogen) atoms. The van der Waals surface area contributed by atoms with Crippen molar-refractivity contribution in [3.8, 4) is 0 Å². The van der Waals surface area contributed by atoms with Crippen LogP contribution in [0.15, 0.2) is 60.7 Å². The van der Waals surface area contributed by atoms with Crippen molar-refractivity contribution >= 4 is 46.5 Å². The minimum atomic E-state index is -0.437. The zero-order valence-corrected chi connectivity index (χ0v) is 20.7. The molecule has 0 saturated carbocycles. The van der Waals surface area contributed by atoms with Crippen LogP contribution in [0, 0.1) is 6.92 Å². The maximum atomic E-state index is 13.4. The van der Waals surface area contributed by atoms with Crippen LogP contribution in [-0.4, -0.2) is 30.9 Å². The number of halogens is 1. The quantitative estimate of drug-likeness (QED) is 0.540. The zero-order valence-electron chi connectivity index (χ0n) is 20.0. The molecule has 7 nitrogen and oxygen atoms in total. The van der Waals surface area contributed by atoms with Crippen molar-refractivity contribution in [2.45, 2.75) is 32.7 Å². The molecular formula is C28H26ClN4O3. The van der Waals surface area contributed by atoms with E-state index >= 15 is 0 Å². The number of fused-ring (bicyclic) bond motifs is 2. The van der Waals surface area contributed by atoms with Gasteiger partial charge in [-0.3, -0.25) is 14.5 Å². The molecule has 4 amide bonds. The lowest BCUT2D eigenvalue weighted by molar-refractivity contribution is -0.119. The fourth-order valence-electron chi connectivity index (χ4n) is 4.77. The highest BCUT2D eigenvalue weighted by Crippen LogP contribution is 2.36. The third-order valence-corrected chi connectivity index (χ3v) is 6.95. The molecule has 0 bridgehead atoms. The Morgan fingerprint density at radius 3 is 2.69 bits per heavy atom. The summed E-state index contributed by atoms with van der Waals surface area (Å²) in [5.41, 5.74) is 5.37. The van der Waals surface area contributed by atoms with Gasteiger partial charge in [0.05, 0.1) is 16.4 Å². The minimum absolute atomic E-state index is 0.0233. The van der Waals surface area contributed by atoms with E-state index in [9.17, 15) is 14.4 Å². The standard InChI is InChI=1S/C28H26ClN4O3/c1-18-15-20(27(35)32-14-5-4-8-19-7-2-3-11-24(19)32)12-13-21(18)16-30-28(36)33-17-25(34)31-23-10-6-9-22(29)26(23)33/h2-3,6-7,9-13,15H,4-5,8,14,16-17H2,1H3,(H,30,36). The number of nitrogens with zero attached hydrogens (tertiary/aromatic N) is 3. The number of carbonyl (C=O) groups excluding carboxylic acids is 3. The van der Waals surface area contributed by atoms with Crippen molar-refractivity contribution < 1.29 is 14.4 Å². The Morgan fingerprint density at radius 2 is 1.86 bits per heavy atom. The Labute approximate surface area is 215 Å². The highest BCUT2D eigenvalue weighted by atomic mass is 35.5. The summed E-state index contributed by atoms with van der Waals surface area (Å²) in [6.07, 6.45) is 3.00. The SMILES string of the molecule is Cc1cc(C(=O)N2CCCCc3ccccc32)ccc1CNC(=O)N1CC(=O)[N]c2cccc(Cl)c21. The Morgan fingerprint density at radius 1 is 1.03 bits per heavy atom. The van der Waals surface area contributed by atoms with Crippen LogP contribution in [0.5, 0.6) is 0 Å². The monoisotopic (exact) mass is 501 g/mol. The average molecular weight is 502 g/mol. The largest absolute Gasteiger partial charge is 0.334 e. The van der Waals surface area contributed by atoms with E-state index in [0.717, 1.165) is 36.1 Å². The lowest BCUT2D eigenvalue weighted by Gasteiger charge is -2.29. The van der Waals surface area contributed by atoms with Crippen LogP contribution in [0.3, 0.4) is 0 Å². The molecule has 0 spiro atoms. The number of urea groups is 1. The van der Waals surface area contributed by atoms with Gasteiger partial charge < -0.3 is 10.2 Å². The van der Waals surface area contributed by atoms with E-state index in [4.69, 9.17) is 11.6 Å². The summed E-state index contributed by atoms with van der Waals surface area (Å²) in [4.78, 5) is 41.6. The molecule has 0 aliphatic carbocycles. The van der Waals surface area contributed by atoms with Gasteiger partial charge in [0.1, 0.15) is 6.54 Å². The van der Waals surface area contributed by atoms with Gasteiger partial charge >= 0.3 is 6.03 Å². The lowest BCUT2D eigenvalue weighted by Crippen LogP contribution is -2.46. The molecule has 0 fully saturated rings. The van der Waals surface area contributed by atoms with E-state index in [2.05, 4.69) is 16.7 Å². The van der Waals surface area contributed by atoms with Crippen molar-refractivity contribution in [3.05, 3.63) is 87.9 Å². The highest BCUT2D eigenvalue weighted by Gasteiger charge is 2.30. The number of hydrogen-bond acceptors (Lipinski definition) is 3. The van der Waals surface area contributed by atoms with Crippen LogP contribution >= 0.6 is 11.6 Å². The number of anilines is 2. The topological polar surface area (TPSA) is 83.8 Å². The van der Waals surface area contributed by atoms with Gasteiger partial charge in [-0.25, -0.2) is 10.1 Å². The van der Waals surface area contributed by atoms with Gasteiger partial charge in [0, 0.05) is 24.3 Å². The molecule has 0 unspecified atom stereocenters. The van der Waals surface area contributed by atoms with Gasteiger partial charge in [0.15, 0.2) is 0 Å². The molecule has 0 aromatic heterocycles. The van der Waals surface area contributed by atoms with E-state index in [1.165, 1.54) is 10.5 Å². The van der Waals surface area contributed by atoms with Crippen molar-refractivity contribution in [1.29, 1.82) is 0 Å². The van der Waals surface area contributed by atoms with Crippen molar-refractivity contribution in [2.75, 3.05) is 22.9 Å². The van der Waals surface area contributed by atoms with Gasteiger partial charge in [-0.1, -0.05) is 41.9 Å². The Bertz CT molecular complexity index is 1360. The first-order valence-corrected chi connectivity index (χ1v) is 12.4. The summed E-state index contributed by atoms with van der Waals surface area (Å²) in [5, 5.41) is 7.20. The normalized spacial score (nSPS) is 14.9. The molecule has 8 heteroatoms. The molecule has 183 valence electrons. The highest BCUT2D eigenvalue weighted by molar-refractivity contribution is 6.35. The summed E-state index contributed by atoms with van der Waals surface area (Å²) in [6.45, 7) is 2.68. The molecule has 2 aliphatic rings. The lowest BCUT2D eigenvalue weighted by atomic mass is 10.0. The average Bonchev–Trinajstić information content (AvgIpc) is 3.09. The van der Waals surface area contributed by atoms with Gasteiger partial charge in [-0.2, -0.15) is 0 Å². The van der Waals surface area contributed by atoms with Crippen molar-refractivity contribution in [3.63, 3.8) is 0 Å². The van der Waals surface area contributed by atoms with Crippen molar-refractivity contribution in [1.82, 2.24) is 10.6 Å². The van der Waals surface area contributed by atoms with E-state index in [1.54, 1.807) is 24.3 Å². The van der Waals surface area contributed by atoms with Crippen molar-refractivity contribution in [2.24, 2.45) is 0 Å². The van der Waals surface area contributed by atoms with Crippen LogP contribution in [-0.2, 0) is 17.8 Å². The molecule has 2 aliphatic heterocycles. The fraction of sp³-hybridized carbons (Fsp3) is 0.250. The van der Waals surface area contributed by atoms with Gasteiger partial charge in [-0.15, -0.1) is 0 Å². The number of rotatable bonds is 3. The Hall–Kier alpha value is -3.84. The summed E-state index contributed by atoms with van der Waals surface area (Å²) in [5.74, 6) is -0.432. The van der Waals surface area contributed by atoms with E-state index in [0.29, 0.717) is 28.5 Å². The van der Waals surface area contributed by atoms with E-state index < -0.39 is 11.9 Å². The minimum Gasteiger partial charge on any atom is -0.334 e. The summed E-state index contributed by atoms with van der Waals surface area (Å²) >= 11 is 6.30. The molecule has 0 saturated heterocycles. The van der Waals surface area contributed by atoms with Crippen LogP contribution in [0.4, 0.5) is 21.9 Å². The maximum absolute atomic E-state index is 13.4. The molecule has 3 aromatic carbocycles. The number of para-hydroxylation sites is 2. The predicted molar refractivity (Wildman–Crippen MR) is 140 cm³/mol. The van der Waals surface area contributed by atoms with Crippen LogP contribution in [0.25, 0.3) is 0 Å². The first-order chi connectivity index (χ1) is 17.4. The second-order valence-electron chi connectivity index (χ2n) is 9.04. The summed E-state index contributed by atoms with van der Waals surface area (Å²) in [6, 6.07) is 18.2. The number of aryl methyl sites for hydroxylation is 2. The summed E-state index contributed by atoms with van der Waals surface area (Å²) in [7, 11) is 0. The second-order valence-corrected chi connectivity index (χ2v) is 9.45. The van der Waals surface area contributed by atoms with Crippen LogP contribution in [0.2, 0.25) is 5.02 Å². The Balaban J connectivity index is 1.30. The molecule has 2 heterocycles. The smallest absolute Gasteiger partial charge is 0.322 e. The van der Waals surface area contributed by atoms with Gasteiger partial charge in [0.2, 0.25) is 0 Å². The van der Waals surface area contributed by atoms with E-state index in [-0.39, 0.29) is 19.0 Å². The van der Waals surface area contributed by atoms with Crippen LogP contribution < -0.4 is 20.4 Å². The second kappa shape index (κ2) is 10.0. The molecule has 0 atom stereocenters. The number of carbonyl (C=O) groups is 3. The third kappa shape index (κ3) is 4.66. The molecular weight excluding hydrogens is 476 g/mol. The number of hydrogen-bond donors (Lipinski definition) is 1. The molecule has 1 N–H and O–H groups in total. The maximum Gasteiger partial charge on any atom is 0.322 e. The fourth-order valence-corrected chi connectivity index (χ4v) is 5.04. The number of amides is 4. The molecule has 1 radical (unpaired) electrons. The zero-order chi connectivity index (χ0) is 25.2.